The van der Waals surface area contributed by atoms with E-state index in [0.717, 1.165) is 0 Å². The lowest BCUT2D eigenvalue weighted by atomic mass is 9.97. The van der Waals surface area contributed by atoms with E-state index in [1.54, 1.807) is 29.2 Å². The van der Waals surface area contributed by atoms with Crippen molar-refractivity contribution in [2.45, 2.75) is 19.0 Å². The minimum Gasteiger partial charge on any atom is -0.497 e. The molecule has 0 radical (unpaired) electrons. The van der Waals surface area contributed by atoms with Crippen LogP contribution in [0.1, 0.15) is 23.2 Å². The molecule has 0 aromatic heterocycles. The Hall–Kier alpha value is -1.56. The molecule has 0 N–H and O–H groups in total. The van der Waals surface area contributed by atoms with Crippen molar-refractivity contribution in [3.05, 3.63) is 29.8 Å². The number of carbonyl (C=O) groups excluding carboxylic acids is 1. The predicted octanol–water partition coefficient (Wildman–Crippen LogP) is 3.15. The van der Waals surface area contributed by atoms with E-state index in [-0.39, 0.29) is 25.3 Å². The van der Waals surface area contributed by atoms with Crippen LogP contribution in [0.25, 0.3) is 0 Å². The number of ketones is 1. The first-order valence-corrected chi connectivity index (χ1v) is 6.86. The van der Waals surface area contributed by atoms with Crippen LogP contribution in [-0.4, -0.2) is 43.6 Å². The van der Waals surface area contributed by atoms with Crippen molar-refractivity contribution in [1.82, 2.24) is 4.90 Å². The Labute approximate surface area is 121 Å². The molecule has 1 saturated heterocycles. The Kier molecular flexibility index (Phi) is 4.88. The molecule has 1 unspecified atom stereocenters. The van der Waals surface area contributed by atoms with Gasteiger partial charge < -0.3 is 4.74 Å². The van der Waals surface area contributed by atoms with Crippen LogP contribution in [0.15, 0.2) is 24.3 Å². The lowest BCUT2D eigenvalue weighted by molar-refractivity contribution is -0.186. The smallest absolute Gasteiger partial charge is 0.393 e. The number of methoxy groups -OCH3 is 1. The third-order valence-electron chi connectivity index (χ3n) is 3.73. The quantitative estimate of drug-likeness (QED) is 0.800. The van der Waals surface area contributed by atoms with Crippen molar-refractivity contribution >= 4 is 5.78 Å². The highest BCUT2D eigenvalue weighted by atomic mass is 19.4. The Morgan fingerprint density at radius 3 is 2.86 bits per heavy atom. The van der Waals surface area contributed by atoms with Crippen molar-refractivity contribution < 1.29 is 22.7 Å². The second-order valence-corrected chi connectivity index (χ2v) is 5.27. The fourth-order valence-corrected chi connectivity index (χ4v) is 2.56. The third-order valence-corrected chi connectivity index (χ3v) is 3.73. The topological polar surface area (TPSA) is 29.5 Å². The number of benzene rings is 1. The normalized spacial score (nSPS) is 20.3. The van der Waals surface area contributed by atoms with Gasteiger partial charge in [0.25, 0.3) is 0 Å². The summed E-state index contributed by atoms with van der Waals surface area (Å²) in [5.41, 5.74) is 0.462. The largest absolute Gasteiger partial charge is 0.497 e. The minimum absolute atomic E-state index is 0.0136. The molecule has 116 valence electrons. The van der Waals surface area contributed by atoms with E-state index < -0.39 is 12.1 Å². The summed E-state index contributed by atoms with van der Waals surface area (Å²) in [4.78, 5) is 13.7. The number of piperidine rings is 1. The van der Waals surface area contributed by atoms with Crippen LogP contribution in [0.4, 0.5) is 13.2 Å². The van der Waals surface area contributed by atoms with Gasteiger partial charge in [0.05, 0.1) is 19.6 Å². The van der Waals surface area contributed by atoms with E-state index in [4.69, 9.17) is 4.74 Å². The molecule has 0 amide bonds. The highest BCUT2D eigenvalue weighted by molar-refractivity contribution is 5.97. The fourth-order valence-electron chi connectivity index (χ4n) is 2.56. The molecule has 1 heterocycles. The van der Waals surface area contributed by atoms with E-state index in [1.165, 1.54) is 7.11 Å². The van der Waals surface area contributed by atoms with Crippen molar-refractivity contribution in [2.75, 3.05) is 26.7 Å². The van der Waals surface area contributed by atoms with Gasteiger partial charge in [-0.1, -0.05) is 12.1 Å². The standard InChI is InChI=1S/C15H18F3NO2/c1-21-13-6-2-4-11(8-13)14(20)10-19-7-3-5-12(9-19)15(16,17)18/h2,4,6,8,12H,3,5,7,9-10H2,1H3. The number of carbonyl (C=O) groups is 1. The molecular weight excluding hydrogens is 283 g/mol. The molecule has 2 rings (SSSR count). The summed E-state index contributed by atoms with van der Waals surface area (Å²) in [5.74, 6) is -0.950. The number of halogens is 3. The van der Waals surface area contributed by atoms with Crippen molar-refractivity contribution in [3.8, 4) is 5.75 Å². The zero-order chi connectivity index (χ0) is 15.5. The summed E-state index contributed by atoms with van der Waals surface area (Å²) < 4.78 is 43.3. The van der Waals surface area contributed by atoms with Crippen LogP contribution >= 0.6 is 0 Å². The molecule has 0 aliphatic carbocycles. The molecule has 6 heteroatoms. The van der Waals surface area contributed by atoms with Gasteiger partial charge >= 0.3 is 6.18 Å². The van der Waals surface area contributed by atoms with Crippen LogP contribution in [0, 0.1) is 5.92 Å². The molecule has 0 bridgehead atoms. The monoisotopic (exact) mass is 301 g/mol. The molecule has 1 aliphatic heterocycles. The third kappa shape index (κ3) is 4.20. The van der Waals surface area contributed by atoms with Crippen molar-refractivity contribution in [3.63, 3.8) is 0 Å². The molecule has 0 saturated carbocycles. The number of nitrogens with zero attached hydrogens (tertiary/aromatic N) is 1. The molecule has 1 fully saturated rings. The number of hydrogen-bond acceptors (Lipinski definition) is 3. The number of ether oxygens (including phenoxy) is 1. The predicted molar refractivity (Wildman–Crippen MR) is 72.5 cm³/mol. The van der Waals surface area contributed by atoms with Gasteiger partial charge in [0, 0.05) is 12.1 Å². The maximum atomic E-state index is 12.7. The van der Waals surface area contributed by atoms with Gasteiger partial charge in [-0.25, -0.2) is 0 Å². The number of rotatable bonds is 4. The summed E-state index contributed by atoms with van der Waals surface area (Å²) in [6.45, 7) is 0.446. The number of Topliss-reactive ketones (excluding diaryl/α,β-unsaturated/α-hetero) is 1. The van der Waals surface area contributed by atoms with Crippen LogP contribution in [0.3, 0.4) is 0 Å². The lowest BCUT2D eigenvalue weighted by Crippen LogP contribution is -2.43. The van der Waals surface area contributed by atoms with Gasteiger partial charge in [-0.05, 0) is 31.5 Å². The number of alkyl halides is 3. The van der Waals surface area contributed by atoms with Crippen molar-refractivity contribution in [1.29, 1.82) is 0 Å². The molecular formula is C15H18F3NO2. The SMILES string of the molecule is COc1cccc(C(=O)CN2CCCC(C(F)(F)F)C2)c1. The number of hydrogen-bond donors (Lipinski definition) is 0. The van der Waals surface area contributed by atoms with Gasteiger partial charge in [0.2, 0.25) is 0 Å². The van der Waals surface area contributed by atoms with Gasteiger partial charge in [0.1, 0.15) is 5.75 Å². The van der Waals surface area contributed by atoms with Gasteiger partial charge in [-0.15, -0.1) is 0 Å². The second-order valence-electron chi connectivity index (χ2n) is 5.27. The maximum absolute atomic E-state index is 12.7. The molecule has 1 aromatic rings. The van der Waals surface area contributed by atoms with Crippen LogP contribution in [0.2, 0.25) is 0 Å². The molecule has 21 heavy (non-hydrogen) atoms. The Bertz CT molecular complexity index is 502. The van der Waals surface area contributed by atoms with Crippen molar-refractivity contribution in [2.24, 2.45) is 5.92 Å². The van der Waals surface area contributed by atoms with E-state index in [2.05, 4.69) is 0 Å². The van der Waals surface area contributed by atoms with E-state index >= 15 is 0 Å². The summed E-state index contributed by atoms with van der Waals surface area (Å²) >= 11 is 0. The first kappa shape index (κ1) is 15.8. The van der Waals surface area contributed by atoms with Gasteiger partial charge in [0.15, 0.2) is 5.78 Å². The lowest BCUT2D eigenvalue weighted by Gasteiger charge is -2.33. The maximum Gasteiger partial charge on any atom is 0.393 e. The first-order chi connectivity index (χ1) is 9.90. The Morgan fingerprint density at radius 2 is 2.19 bits per heavy atom. The fraction of sp³-hybridized carbons (Fsp3) is 0.533. The van der Waals surface area contributed by atoms with Crippen LogP contribution in [-0.2, 0) is 0 Å². The van der Waals surface area contributed by atoms with E-state index in [1.807, 2.05) is 0 Å². The summed E-state index contributed by atoms with van der Waals surface area (Å²) in [5, 5.41) is 0. The van der Waals surface area contributed by atoms with Crippen LogP contribution in [0.5, 0.6) is 5.75 Å². The van der Waals surface area contributed by atoms with Gasteiger partial charge in [-0.2, -0.15) is 13.2 Å². The number of likely N-dealkylation sites (tertiary alicyclic amines) is 1. The second kappa shape index (κ2) is 6.47. The van der Waals surface area contributed by atoms with E-state index in [9.17, 15) is 18.0 Å². The molecule has 0 spiro atoms. The summed E-state index contributed by atoms with van der Waals surface area (Å²) in [6.07, 6.45) is -3.57. The highest BCUT2D eigenvalue weighted by Crippen LogP contribution is 2.33. The summed E-state index contributed by atoms with van der Waals surface area (Å²) in [7, 11) is 1.50. The molecule has 1 aromatic carbocycles. The van der Waals surface area contributed by atoms with Gasteiger partial charge in [-0.3, -0.25) is 9.69 Å². The van der Waals surface area contributed by atoms with E-state index in [0.29, 0.717) is 24.3 Å². The average Bonchev–Trinajstić information content (AvgIpc) is 2.46. The first-order valence-electron chi connectivity index (χ1n) is 6.86. The Balaban J connectivity index is 1.99. The molecule has 1 aliphatic rings. The highest BCUT2D eigenvalue weighted by Gasteiger charge is 2.41. The zero-order valence-electron chi connectivity index (χ0n) is 11.8. The summed E-state index contributed by atoms with van der Waals surface area (Å²) in [6, 6.07) is 6.67. The average molecular weight is 301 g/mol. The Morgan fingerprint density at radius 1 is 1.43 bits per heavy atom. The minimum atomic E-state index is -4.18. The molecule has 1 atom stereocenters. The van der Waals surface area contributed by atoms with Crippen LogP contribution < -0.4 is 4.74 Å². The zero-order valence-corrected chi connectivity index (χ0v) is 11.8. The molecule has 3 nitrogen and oxygen atoms in total.